The van der Waals surface area contributed by atoms with Crippen molar-refractivity contribution in [3.8, 4) is 11.5 Å². The summed E-state index contributed by atoms with van der Waals surface area (Å²) in [7, 11) is 1.53. The standard InChI is InChI=1S/C27H29Cl2N3O4/c1-18-3-5-20(6-4-18)31-26(33)17-36-27-23(29)13-19(14-25(27)34-2)16-30-21-7-8-24(22(28)15-21)32-9-11-35-12-10-32/h3-8,13-15,30H,9-12,16-17H2,1-2H3,(H,31,33). The summed E-state index contributed by atoms with van der Waals surface area (Å²) in [5.74, 6) is 0.475. The first-order valence-corrected chi connectivity index (χ1v) is 12.4. The summed E-state index contributed by atoms with van der Waals surface area (Å²) in [6.07, 6.45) is 0. The number of hydrogen-bond donors (Lipinski definition) is 2. The van der Waals surface area contributed by atoms with Gasteiger partial charge in [-0.3, -0.25) is 4.79 Å². The molecule has 0 bridgehead atoms. The van der Waals surface area contributed by atoms with E-state index in [1.807, 2.05) is 55.5 Å². The lowest BCUT2D eigenvalue weighted by atomic mass is 10.2. The molecule has 3 aromatic carbocycles. The topological polar surface area (TPSA) is 72.1 Å². The average Bonchev–Trinajstić information content (AvgIpc) is 2.88. The van der Waals surface area contributed by atoms with Crippen LogP contribution in [0, 0.1) is 6.92 Å². The number of nitrogens with one attached hydrogen (secondary N) is 2. The monoisotopic (exact) mass is 529 g/mol. The molecule has 0 unspecified atom stereocenters. The van der Waals surface area contributed by atoms with Crippen molar-refractivity contribution < 1.29 is 19.0 Å². The van der Waals surface area contributed by atoms with Gasteiger partial charge < -0.3 is 29.7 Å². The van der Waals surface area contributed by atoms with Gasteiger partial charge in [-0.15, -0.1) is 0 Å². The highest BCUT2D eigenvalue weighted by atomic mass is 35.5. The number of morpholine rings is 1. The van der Waals surface area contributed by atoms with Crippen LogP contribution < -0.4 is 25.0 Å². The number of methoxy groups -OCH3 is 1. The van der Waals surface area contributed by atoms with Gasteiger partial charge in [0, 0.05) is 31.0 Å². The molecule has 9 heteroatoms. The summed E-state index contributed by atoms with van der Waals surface area (Å²) in [5, 5.41) is 7.20. The lowest BCUT2D eigenvalue weighted by Crippen LogP contribution is -2.36. The lowest BCUT2D eigenvalue weighted by molar-refractivity contribution is -0.118. The zero-order chi connectivity index (χ0) is 25.5. The number of hydrogen-bond acceptors (Lipinski definition) is 6. The number of rotatable bonds is 9. The van der Waals surface area contributed by atoms with Crippen LogP contribution in [0.2, 0.25) is 10.0 Å². The largest absolute Gasteiger partial charge is 0.493 e. The van der Waals surface area contributed by atoms with Crippen LogP contribution in [0.3, 0.4) is 0 Å². The smallest absolute Gasteiger partial charge is 0.262 e. The predicted molar refractivity (Wildman–Crippen MR) is 145 cm³/mol. The molecule has 36 heavy (non-hydrogen) atoms. The third-order valence-electron chi connectivity index (χ3n) is 5.77. The summed E-state index contributed by atoms with van der Waals surface area (Å²) in [6.45, 7) is 5.35. The third-order valence-corrected chi connectivity index (χ3v) is 6.35. The van der Waals surface area contributed by atoms with Crippen molar-refractivity contribution >= 4 is 46.2 Å². The molecule has 1 heterocycles. The molecule has 0 radical (unpaired) electrons. The maximum absolute atomic E-state index is 12.3. The molecule has 7 nitrogen and oxygen atoms in total. The van der Waals surface area contributed by atoms with Crippen molar-refractivity contribution in [2.45, 2.75) is 13.5 Å². The Morgan fingerprint density at radius 1 is 1.00 bits per heavy atom. The zero-order valence-electron chi connectivity index (χ0n) is 20.3. The molecular weight excluding hydrogens is 501 g/mol. The van der Waals surface area contributed by atoms with Crippen LogP contribution in [-0.4, -0.2) is 45.9 Å². The molecule has 190 valence electrons. The number of aryl methyl sites for hydroxylation is 1. The fraction of sp³-hybridized carbons (Fsp3) is 0.296. The van der Waals surface area contributed by atoms with E-state index in [0.717, 1.165) is 35.6 Å². The van der Waals surface area contributed by atoms with E-state index in [1.165, 1.54) is 7.11 Å². The minimum absolute atomic E-state index is 0.199. The summed E-state index contributed by atoms with van der Waals surface area (Å²) >= 11 is 13.0. The molecule has 3 aromatic rings. The van der Waals surface area contributed by atoms with Gasteiger partial charge in [0.2, 0.25) is 0 Å². The molecule has 4 rings (SSSR count). The van der Waals surface area contributed by atoms with Crippen LogP contribution in [0.1, 0.15) is 11.1 Å². The van der Waals surface area contributed by atoms with E-state index in [2.05, 4.69) is 15.5 Å². The summed E-state index contributed by atoms with van der Waals surface area (Å²) in [5.41, 5.74) is 4.60. The van der Waals surface area contributed by atoms with E-state index < -0.39 is 0 Å². The Morgan fingerprint density at radius 2 is 1.72 bits per heavy atom. The van der Waals surface area contributed by atoms with Crippen LogP contribution in [0.15, 0.2) is 54.6 Å². The average molecular weight is 530 g/mol. The molecule has 1 aliphatic rings. The van der Waals surface area contributed by atoms with Gasteiger partial charge in [0.05, 0.1) is 36.1 Å². The minimum Gasteiger partial charge on any atom is -0.493 e. The Hall–Kier alpha value is -3.13. The van der Waals surface area contributed by atoms with Crippen LogP contribution in [-0.2, 0) is 16.1 Å². The quantitative estimate of drug-likeness (QED) is 0.366. The van der Waals surface area contributed by atoms with E-state index in [9.17, 15) is 4.79 Å². The molecule has 0 atom stereocenters. The van der Waals surface area contributed by atoms with Crippen LogP contribution in [0.5, 0.6) is 11.5 Å². The van der Waals surface area contributed by atoms with Gasteiger partial charge in [-0.1, -0.05) is 40.9 Å². The predicted octanol–water partition coefficient (Wildman–Crippen LogP) is 5.78. The van der Waals surface area contributed by atoms with Gasteiger partial charge in [-0.05, 0) is 55.0 Å². The highest BCUT2D eigenvalue weighted by Gasteiger charge is 2.16. The number of ether oxygens (including phenoxy) is 3. The normalized spacial score (nSPS) is 13.3. The molecule has 0 aliphatic carbocycles. The van der Waals surface area contributed by atoms with Crippen molar-refractivity contribution in [2.75, 3.05) is 55.6 Å². The Bertz CT molecular complexity index is 1200. The number of amides is 1. The van der Waals surface area contributed by atoms with Gasteiger partial charge in [0.25, 0.3) is 5.91 Å². The van der Waals surface area contributed by atoms with Gasteiger partial charge in [0.1, 0.15) is 0 Å². The maximum Gasteiger partial charge on any atom is 0.262 e. The molecule has 1 saturated heterocycles. The number of carbonyl (C=O) groups is 1. The second kappa shape index (κ2) is 12.2. The second-order valence-electron chi connectivity index (χ2n) is 8.43. The van der Waals surface area contributed by atoms with Gasteiger partial charge in [0.15, 0.2) is 18.1 Å². The number of nitrogens with zero attached hydrogens (tertiary/aromatic N) is 1. The third kappa shape index (κ3) is 6.75. The van der Waals surface area contributed by atoms with Crippen LogP contribution >= 0.6 is 23.2 Å². The van der Waals surface area contributed by atoms with Crippen LogP contribution in [0.4, 0.5) is 17.1 Å². The fourth-order valence-corrected chi connectivity index (χ4v) is 4.46. The van der Waals surface area contributed by atoms with Gasteiger partial charge in [-0.25, -0.2) is 0 Å². The van der Waals surface area contributed by atoms with Crippen molar-refractivity contribution in [1.82, 2.24) is 0 Å². The first kappa shape index (κ1) is 25.9. The molecular formula is C27H29Cl2N3O4. The molecule has 1 amide bonds. The summed E-state index contributed by atoms with van der Waals surface area (Å²) in [4.78, 5) is 14.5. The molecule has 1 fully saturated rings. The van der Waals surface area contributed by atoms with Crippen LogP contribution in [0.25, 0.3) is 0 Å². The van der Waals surface area contributed by atoms with E-state index in [4.69, 9.17) is 37.4 Å². The Balaban J connectivity index is 1.36. The fourth-order valence-electron chi connectivity index (χ4n) is 3.87. The second-order valence-corrected chi connectivity index (χ2v) is 9.25. The van der Waals surface area contributed by atoms with Crippen molar-refractivity contribution in [3.63, 3.8) is 0 Å². The molecule has 0 saturated carbocycles. The number of carbonyl (C=O) groups excluding carboxylic acids is 1. The number of halogens is 2. The highest BCUT2D eigenvalue weighted by Crippen LogP contribution is 2.37. The first-order chi connectivity index (χ1) is 17.4. The SMILES string of the molecule is COc1cc(CNc2ccc(N3CCOCC3)c(Cl)c2)cc(Cl)c1OCC(=O)Nc1ccc(C)cc1. The van der Waals surface area contributed by atoms with E-state index in [-0.39, 0.29) is 12.5 Å². The van der Waals surface area contributed by atoms with E-state index in [0.29, 0.717) is 47.0 Å². The minimum atomic E-state index is -0.292. The number of anilines is 3. The van der Waals surface area contributed by atoms with Crippen molar-refractivity contribution in [3.05, 3.63) is 75.8 Å². The molecule has 0 spiro atoms. The molecule has 2 N–H and O–H groups in total. The summed E-state index contributed by atoms with van der Waals surface area (Å²) < 4.78 is 16.6. The van der Waals surface area contributed by atoms with E-state index >= 15 is 0 Å². The van der Waals surface area contributed by atoms with Crippen molar-refractivity contribution in [1.29, 1.82) is 0 Å². The molecule has 0 aromatic heterocycles. The Kier molecular flexibility index (Phi) is 8.80. The van der Waals surface area contributed by atoms with Gasteiger partial charge >= 0.3 is 0 Å². The summed E-state index contributed by atoms with van der Waals surface area (Å²) in [6, 6.07) is 17.1. The maximum atomic E-state index is 12.3. The zero-order valence-corrected chi connectivity index (χ0v) is 21.8. The Labute approximate surface area is 221 Å². The van der Waals surface area contributed by atoms with E-state index in [1.54, 1.807) is 6.07 Å². The highest BCUT2D eigenvalue weighted by molar-refractivity contribution is 6.33. The van der Waals surface area contributed by atoms with Gasteiger partial charge in [-0.2, -0.15) is 0 Å². The van der Waals surface area contributed by atoms with Crippen molar-refractivity contribution in [2.24, 2.45) is 0 Å². The number of benzene rings is 3. The Morgan fingerprint density at radius 3 is 2.42 bits per heavy atom. The lowest BCUT2D eigenvalue weighted by Gasteiger charge is -2.29. The first-order valence-electron chi connectivity index (χ1n) is 11.6. The molecule has 1 aliphatic heterocycles.